The van der Waals surface area contributed by atoms with Crippen LogP contribution < -0.4 is 0 Å². The molecule has 0 spiro atoms. The Kier molecular flexibility index (Phi) is 11.1. The Balaban J connectivity index is 1.17. The molecule has 2 saturated carbocycles. The van der Waals surface area contributed by atoms with Crippen LogP contribution in [0.5, 0.6) is 0 Å². The summed E-state index contributed by atoms with van der Waals surface area (Å²) in [4.78, 5) is 0. The monoisotopic (exact) mass is 537 g/mol. The minimum absolute atomic E-state index is 0.0945. The average Bonchev–Trinajstić information content (AvgIpc) is 2.94. The molecule has 0 aliphatic heterocycles. The van der Waals surface area contributed by atoms with Crippen LogP contribution >= 0.6 is 0 Å². The highest BCUT2D eigenvalue weighted by Crippen LogP contribution is 2.38. The molecule has 5 heteroatoms. The van der Waals surface area contributed by atoms with Gasteiger partial charge in [-0.2, -0.15) is 5.26 Å². The Bertz CT molecular complexity index is 1110. The molecule has 0 bridgehead atoms. The summed E-state index contributed by atoms with van der Waals surface area (Å²) in [5, 5.41) is 8.88. The second-order valence-electron chi connectivity index (χ2n) is 11.6. The Morgan fingerprint density at radius 3 is 2.10 bits per heavy atom. The molecular weight excluding hydrogens is 495 g/mol. The van der Waals surface area contributed by atoms with E-state index < -0.39 is 17.2 Å². The quantitative estimate of drug-likeness (QED) is 0.211. The van der Waals surface area contributed by atoms with Crippen LogP contribution in [0.3, 0.4) is 0 Å². The Hall–Kier alpha value is -2.58. The molecule has 0 N–H and O–H groups in total. The first-order chi connectivity index (χ1) is 19.0. The Morgan fingerprint density at radius 2 is 1.49 bits per heavy atom. The highest BCUT2D eigenvalue weighted by molar-refractivity contribution is 5.36. The van der Waals surface area contributed by atoms with Crippen molar-refractivity contribution in [2.24, 2.45) is 11.8 Å². The molecule has 2 aromatic carbocycles. The first-order valence-corrected chi connectivity index (χ1v) is 14.9. The number of ether oxygens (including phenoxy) is 1. The second-order valence-corrected chi connectivity index (χ2v) is 11.6. The zero-order valence-corrected chi connectivity index (χ0v) is 23.2. The first kappa shape index (κ1) is 29.4. The third kappa shape index (κ3) is 8.45. The summed E-state index contributed by atoms with van der Waals surface area (Å²) in [6.45, 7) is 2.85. The van der Waals surface area contributed by atoms with Crippen molar-refractivity contribution in [1.29, 1.82) is 5.26 Å². The van der Waals surface area contributed by atoms with Crippen molar-refractivity contribution in [3.63, 3.8) is 0 Å². The lowest BCUT2D eigenvalue weighted by atomic mass is 9.76. The summed E-state index contributed by atoms with van der Waals surface area (Å²) in [5.74, 6) is -0.336. The molecule has 0 saturated heterocycles. The van der Waals surface area contributed by atoms with Crippen molar-refractivity contribution in [1.82, 2.24) is 0 Å². The molecule has 2 aliphatic carbocycles. The van der Waals surface area contributed by atoms with Gasteiger partial charge in [-0.15, -0.1) is 0 Å². The van der Waals surface area contributed by atoms with E-state index in [0.29, 0.717) is 23.5 Å². The summed E-state index contributed by atoms with van der Waals surface area (Å²) in [6, 6.07) is 10.0. The molecule has 0 radical (unpaired) electrons. The van der Waals surface area contributed by atoms with Gasteiger partial charge in [-0.1, -0.05) is 24.3 Å². The van der Waals surface area contributed by atoms with Crippen molar-refractivity contribution >= 4 is 0 Å². The fourth-order valence-corrected chi connectivity index (χ4v) is 6.46. The summed E-state index contributed by atoms with van der Waals surface area (Å²) in [5.41, 5.74) is 2.01. The fourth-order valence-electron chi connectivity index (χ4n) is 6.46. The number of allylic oxidation sites excluding steroid dienone is 1. The van der Waals surface area contributed by atoms with Crippen LogP contribution in [0.15, 0.2) is 42.5 Å². The molecule has 2 aliphatic rings. The van der Waals surface area contributed by atoms with Crippen LogP contribution in [-0.2, 0) is 17.6 Å². The summed E-state index contributed by atoms with van der Waals surface area (Å²) in [7, 11) is 0. The van der Waals surface area contributed by atoms with Gasteiger partial charge >= 0.3 is 0 Å². The van der Waals surface area contributed by atoms with Gasteiger partial charge in [0.15, 0.2) is 0 Å². The third-order valence-corrected chi connectivity index (χ3v) is 8.94. The van der Waals surface area contributed by atoms with Crippen molar-refractivity contribution in [3.05, 3.63) is 82.2 Å². The predicted octanol–water partition coefficient (Wildman–Crippen LogP) is 9.36. The van der Waals surface area contributed by atoms with Crippen LogP contribution in [-0.4, -0.2) is 12.7 Å². The maximum Gasteiger partial charge on any atom is 0.144 e. The van der Waals surface area contributed by atoms with E-state index in [-0.39, 0.29) is 11.7 Å². The zero-order valence-electron chi connectivity index (χ0n) is 23.2. The maximum atomic E-state index is 14.9. The van der Waals surface area contributed by atoms with E-state index in [1.54, 1.807) is 12.1 Å². The Labute approximate surface area is 232 Å². The molecule has 2 fully saturated rings. The molecule has 210 valence electrons. The van der Waals surface area contributed by atoms with E-state index in [9.17, 15) is 13.2 Å². The highest BCUT2D eigenvalue weighted by Gasteiger charge is 2.25. The van der Waals surface area contributed by atoms with Gasteiger partial charge in [-0.25, -0.2) is 13.2 Å². The molecular formula is C34H42F3NO. The van der Waals surface area contributed by atoms with Gasteiger partial charge in [-0.3, -0.25) is 0 Å². The number of hydrogen-bond donors (Lipinski definition) is 0. The van der Waals surface area contributed by atoms with Gasteiger partial charge < -0.3 is 4.74 Å². The summed E-state index contributed by atoms with van der Waals surface area (Å²) in [6.07, 6.45) is 17.6. The number of rotatable bonds is 11. The molecule has 0 heterocycles. The van der Waals surface area contributed by atoms with E-state index >= 15 is 0 Å². The van der Waals surface area contributed by atoms with Gasteiger partial charge in [0.1, 0.15) is 29.1 Å². The van der Waals surface area contributed by atoms with Crippen LogP contribution in [0.25, 0.3) is 0 Å². The molecule has 4 rings (SSSR count). The van der Waals surface area contributed by atoms with E-state index in [0.717, 1.165) is 88.4 Å². The third-order valence-electron chi connectivity index (χ3n) is 8.94. The fraction of sp³-hybridized carbons (Fsp3) is 0.559. The number of nitriles is 1. The van der Waals surface area contributed by atoms with Crippen molar-refractivity contribution in [2.45, 2.75) is 102 Å². The van der Waals surface area contributed by atoms with E-state index in [4.69, 9.17) is 10.00 Å². The van der Waals surface area contributed by atoms with Gasteiger partial charge in [0.25, 0.3) is 0 Å². The predicted molar refractivity (Wildman–Crippen MR) is 150 cm³/mol. The summed E-state index contributed by atoms with van der Waals surface area (Å²) < 4.78 is 49.0. The number of nitrogens with zero attached hydrogens (tertiary/aromatic N) is 1. The lowest BCUT2D eigenvalue weighted by molar-refractivity contribution is 0.0198. The van der Waals surface area contributed by atoms with Gasteiger partial charge in [0.05, 0.1) is 12.7 Å². The van der Waals surface area contributed by atoms with Crippen molar-refractivity contribution in [2.75, 3.05) is 6.61 Å². The lowest BCUT2D eigenvalue weighted by Crippen LogP contribution is -2.22. The Morgan fingerprint density at radius 1 is 0.846 bits per heavy atom. The topological polar surface area (TPSA) is 33.0 Å². The van der Waals surface area contributed by atoms with Gasteiger partial charge in [0.2, 0.25) is 0 Å². The molecule has 0 atom stereocenters. The number of aryl methyl sites for hydroxylation is 2. The molecule has 39 heavy (non-hydrogen) atoms. The SMILES string of the molecule is C/C=C/CCOC1CCC(CCc2ccc(CCC3CCC(c4cc(F)c(C#N)c(F)c4)CC3)c(F)c2)CC1. The summed E-state index contributed by atoms with van der Waals surface area (Å²) >= 11 is 0. The first-order valence-electron chi connectivity index (χ1n) is 14.9. The smallest absolute Gasteiger partial charge is 0.144 e. The lowest BCUT2D eigenvalue weighted by Gasteiger charge is -2.29. The number of halogens is 3. The van der Waals surface area contributed by atoms with E-state index in [1.165, 1.54) is 25.0 Å². The van der Waals surface area contributed by atoms with Crippen molar-refractivity contribution < 1.29 is 17.9 Å². The second kappa shape index (κ2) is 14.7. The van der Waals surface area contributed by atoms with E-state index in [1.807, 2.05) is 13.0 Å². The highest BCUT2D eigenvalue weighted by atomic mass is 19.1. The number of benzene rings is 2. The number of hydrogen-bond acceptors (Lipinski definition) is 2. The van der Waals surface area contributed by atoms with Crippen molar-refractivity contribution in [3.8, 4) is 6.07 Å². The average molecular weight is 538 g/mol. The standard InChI is InChI=1S/C34H42F3NO/c1-2-3-4-19-39-30-17-11-24(12-18-30)5-6-26-10-16-28(32(35)20-26)15-9-25-7-13-27(14-8-25)29-21-33(36)31(23-38)34(37)22-29/h2-3,10,16,20-22,24-25,27,30H,4-9,11-15,17-19H2,1H3/b3-2+. The van der Waals surface area contributed by atoms with Gasteiger partial charge in [0, 0.05) is 0 Å². The maximum absolute atomic E-state index is 14.9. The molecule has 0 amide bonds. The van der Waals surface area contributed by atoms with Crippen LogP contribution in [0, 0.1) is 40.6 Å². The molecule has 0 unspecified atom stereocenters. The van der Waals surface area contributed by atoms with Crippen LogP contribution in [0.4, 0.5) is 13.2 Å². The molecule has 2 nitrogen and oxygen atoms in total. The normalized spacial score (nSPS) is 23.7. The molecule has 0 aromatic heterocycles. The van der Waals surface area contributed by atoms with Gasteiger partial charge in [-0.05, 0) is 143 Å². The minimum atomic E-state index is -0.776. The van der Waals surface area contributed by atoms with E-state index in [2.05, 4.69) is 18.2 Å². The minimum Gasteiger partial charge on any atom is -0.378 e. The zero-order chi connectivity index (χ0) is 27.6. The molecule has 2 aromatic rings. The van der Waals surface area contributed by atoms with Crippen LogP contribution in [0.2, 0.25) is 0 Å². The largest absolute Gasteiger partial charge is 0.378 e. The van der Waals surface area contributed by atoms with Crippen LogP contribution in [0.1, 0.15) is 106 Å².